The topological polar surface area (TPSA) is 23.1 Å². The standard InChI is InChI=1S/C15H32OS/c1-4-5-6-7-8-9-10-11-12-13-14-17(16)15(2)3/h15H,4-14H2,1-3H3. The van der Waals surface area contributed by atoms with E-state index in [1.165, 1.54) is 57.8 Å². The van der Waals surface area contributed by atoms with Crippen molar-refractivity contribution in [2.24, 2.45) is 0 Å². The summed E-state index contributed by atoms with van der Waals surface area (Å²) in [7, 11) is 0. The van der Waals surface area contributed by atoms with E-state index in [9.17, 15) is 4.55 Å². The van der Waals surface area contributed by atoms with Gasteiger partial charge in [0.25, 0.3) is 0 Å². The van der Waals surface area contributed by atoms with Crippen molar-refractivity contribution >= 4 is 11.2 Å². The Morgan fingerprint density at radius 1 is 0.765 bits per heavy atom. The van der Waals surface area contributed by atoms with Crippen LogP contribution in [0.4, 0.5) is 0 Å². The molecular formula is C15H32OS. The zero-order chi connectivity index (χ0) is 12.9. The molecule has 0 radical (unpaired) electrons. The highest BCUT2D eigenvalue weighted by atomic mass is 32.2. The molecule has 0 amide bonds. The van der Waals surface area contributed by atoms with Crippen molar-refractivity contribution in [3.05, 3.63) is 0 Å². The quantitative estimate of drug-likeness (QED) is 0.355. The molecule has 0 fully saturated rings. The Morgan fingerprint density at radius 2 is 1.18 bits per heavy atom. The van der Waals surface area contributed by atoms with Gasteiger partial charge in [0, 0.05) is 0 Å². The summed E-state index contributed by atoms with van der Waals surface area (Å²) in [6.45, 7) is 6.36. The first-order chi connectivity index (χ1) is 8.18. The van der Waals surface area contributed by atoms with Crippen LogP contribution in [0.2, 0.25) is 0 Å². The summed E-state index contributed by atoms with van der Waals surface area (Å²) in [4.78, 5) is 0. The van der Waals surface area contributed by atoms with Gasteiger partial charge in [-0.3, -0.25) is 0 Å². The molecule has 0 aromatic rings. The van der Waals surface area contributed by atoms with Crippen molar-refractivity contribution in [3.63, 3.8) is 0 Å². The van der Waals surface area contributed by atoms with Gasteiger partial charge in [0.05, 0.1) is 0 Å². The molecule has 1 atom stereocenters. The van der Waals surface area contributed by atoms with E-state index in [0.717, 1.165) is 12.2 Å². The summed E-state index contributed by atoms with van der Waals surface area (Å²) >= 11 is -0.584. The number of rotatable bonds is 12. The molecule has 0 saturated heterocycles. The van der Waals surface area contributed by atoms with E-state index in [-0.39, 0.29) is 0 Å². The summed E-state index contributed by atoms with van der Waals surface area (Å²) in [5.74, 6) is 0.911. The molecule has 2 heteroatoms. The maximum Gasteiger partial charge on any atom is 0.110 e. The molecule has 0 spiro atoms. The highest BCUT2D eigenvalue weighted by molar-refractivity contribution is 7.91. The normalized spacial score (nSPS) is 13.2. The third-order valence-electron chi connectivity index (χ3n) is 3.22. The fourth-order valence-electron chi connectivity index (χ4n) is 1.97. The molecule has 0 aromatic heterocycles. The molecule has 104 valence electrons. The molecule has 0 saturated carbocycles. The van der Waals surface area contributed by atoms with Crippen LogP contribution in [-0.4, -0.2) is 15.6 Å². The maximum atomic E-state index is 11.5. The van der Waals surface area contributed by atoms with Crippen LogP contribution >= 0.6 is 0 Å². The lowest BCUT2D eigenvalue weighted by molar-refractivity contribution is 0.556. The van der Waals surface area contributed by atoms with Gasteiger partial charge in [-0.2, -0.15) is 0 Å². The Hall–Kier alpha value is 0.310. The lowest BCUT2D eigenvalue weighted by atomic mass is 10.1. The molecule has 0 rings (SSSR count). The van der Waals surface area contributed by atoms with E-state index in [2.05, 4.69) is 6.92 Å². The second kappa shape index (κ2) is 12.8. The van der Waals surface area contributed by atoms with E-state index < -0.39 is 11.2 Å². The van der Waals surface area contributed by atoms with Gasteiger partial charge in [0.2, 0.25) is 0 Å². The summed E-state index contributed by atoms with van der Waals surface area (Å²) < 4.78 is 11.5. The van der Waals surface area contributed by atoms with Crippen LogP contribution in [0.5, 0.6) is 0 Å². The van der Waals surface area contributed by atoms with Crippen molar-refractivity contribution in [1.29, 1.82) is 0 Å². The van der Waals surface area contributed by atoms with Crippen LogP contribution in [0, 0.1) is 0 Å². The average molecular weight is 260 g/mol. The lowest BCUT2D eigenvalue weighted by Gasteiger charge is -2.14. The van der Waals surface area contributed by atoms with Crippen LogP contribution in [0.15, 0.2) is 0 Å². The summed E-state index contributed by atoms with van der Waals surface area (Å²) in [5, 5.41) is 0.341. The molecule has 0 N–H and O–H groups in total. The van der Waals surface area contributed by atoms with Gasteiger partial charge < -0.3 is 4.55 Å². The predicted octanol–water partition coefficient (Wildman–Crippen LogP) is 5.06. The zero-order valence-electron chi connectivity index (χ0n) is 12.2. The van der Waals surface area contributed by atoms with E-state index >= 15 is 0 Å². The Morgan fingerprint density at radius 3 is 1.59 bits per heavy atom. The summed E-state index contributed by atoms with van der Waals surface area (Å²) in [6.07, 6.45) is 13.5. The van der Waals surface area contributed by atoms with Crippen LogP contribution in [0.1, 0.15) is 85.0 Å². The van der Waals surface area contributed by atoms with Crippen LogP contribution < -0.4 is 0 Å². The third-order valence-corrected chi connectivity index (χ3v) is 4.97. The highest BCUT2D eigenvalue weighted by Gasteiger charge is 2.09. The monoisotopic (exact) mass is 260 g/mol. The van der Waals surface area contributed by atoms with Gasteiger partial charge in [0.15, 0.2) is 0 Å². The van der Waals surface area contributed by atoms with Gasteiger partial charge in [-0.05, 0) is 26.7 Å². The molecule has 0 aliphatic rings. The molecule has 0 aliphatic heterocycles. The Kier molecular flexibility index (Phi) is 13.0. The minimum atomic E-state index is -0.584. The number of unbranched alkanes of at least 4 members (excludes halogenated alkanes) is 9. The average Bonchev–Trinajstić information content (AvgIpc) is 2.31. The van der Waals surface area contributed by atoms with Gasteiger partial charge in [0.1, 0.15) is 11.0 Å². The first-order valence-electron chi connectivity index (χ1n) is 7.55. The Bertz CT molecular complexity index is 148. The Labute approximate surface area is 112 Å². The number of hydrogen-bond donors (Lipinski definition) is 0. The van der Waals surface area contributed by atoms with Crippen molar-refractivity contribution in [3.8, 4) is 0 Å². The SMILES string of the molecule is CCCCCCCCCCCC[S+]([O-])C(C)C. The van der Waals surface area contributed by atoms with Crippen LogP contribution in [0.25, 0.3) is 0 Å². The highest BCUT2D eigenvalue weighted by Crippen LogP contribution is 2.11. The molecular weight excluding hydrogens is 228 g/mol. The molecule has 1 unspecified atom stereocenters. The summed E-state index contributed by atoms with van der Waals surface area (Å²) in [5.41, 5.74) is 0. The van der Waals surface area contributed by atoms with E-state index in [4.69, 9.17) is 0 Å². The van der Waals surface area contributed by atoms with E-state index in [1.807, 2.05) is 13.8 Å². The maximum absolute atomic E-state index is 11.5. The van der Waals surface area contributed by atoms with E-state index in [0.29, 0.717) is 5.25 Å². The first-order valence-corrected chi connectivity index (χ1v) is 8.93. The molecule has 17 heavy (non-hydrogen) atoms. The van der Waals surface area contributed by atoms with Crippen LogP contribution in [-0.2, 0) is 11.2 Å². The molecule has 0 aliphatic carbocycles. The van der Waals surface area contributed by atoms with E-state index in [1.54, 1.807) is 0 Å². The minimum absolute atomic E-state index is 0.341. The fourth-order valence-corrected chi connectivity index (χ4v) is 2.93. The lowest BCUT2D eigenvalue weighted by Crippen LogP contribution is -2.17. The third kappa shape index (κ3) is 12.6. The van der Waals surface area contributed by atoms with Crippen molar-refractivity contribution in [2.45, 2.75) is 90.2 Å². The zero-order valence-corrected chi connectivity index (χ0v) is 13.0. The largest absolute Gasteiger partial charge is 0.616 e. The molecule has 0 heterocycles. The molecule has 0 aromatic carbocycles. The number of hydrogen-bond acceptors (Lipinski definition) is 1. The van der Waals surface area contributed by atoms with Crippen LogP contribution in [0.3, 0.4) is 0 Å². The second-order valence-corrected chi connectivity index (χ2v) is 7.43. The van der Waals surface area contributed by atoms with Gasteiger partial charge in [-0.1, -0.05) is 69.5 Å². The minimum Gasteiger partial charge on any atom is -0.616 e. The predicted molar refractivity (Wildman–Crippen MR) is 80.0 cm³/mol. The fraction of sp³-hybridized carbons (Fsp3) is 1.00. The van der Waals surface area contributed by atoms with Crippen molar-refractivity contribution in [2.75, 3.05) is 5.75 Å². The molecule has 0 bridgehead atoms. The smallest absolute Gasteiger partial charge is 0.110 e. The second-order valence-electron chi connectivity index (χ2n) is 5.32. The van der Waals surface area contributed by atoms with Gasteiger partial charge in [-0.15, -0.1) is 0 Å². The van der Waals surface area contributed by atoms with Crippen molar-refractivity contribution in [1.82, 2.24) is 0 Å². The summed E-state index contributed by atoms with van der Waals surface area (Å²) in [6, 6.07) is 0. The van der Waals surface area contributed by atoms with Gasteiger partial charge >= 0.3 is 0 Å². The van der Waals surface area contributed by atoms with Crippen molar-refractivity contribution < 1.29 is 4.55 Å². The van der Waals surface area contributed by atoms with Gasteiger partial charge in [-0.25, -0.2) is 0 Å². The Balaban J connectivity index is 3.03. The molecule has 1 nitrogen and oxygen atoms in total. The first kappa shape index (κ1) is 17.3.